The Morgan fingerprint density at radius 1 is 1.89 bits per heavy atom. The van der Waals surface area contributed by atoms with Crippen molar-refractivity contribution in [2.75, 3.05) is 6.54 Å². The number of hydroxylamine groups is 1. The third-order valence-corrected chi connectivity index (χ3v) is 1.66. The number of nitrogens with one attached hydrogen (secondary N) is 1. The normalized spacial score (nSPS) is 11.6. The Morgan fingerprint density at radius 3 is 2.89 bits per heavy atom. The molecule has 0 aromatic heterocycles. The lowest BCUT2D eigenvalue weighted by Gasteiger charge is -1.98. The van der Waals surface area contributed by atoms with Crippen molar-refractivity contribution in [3.05, 3.63) is 23.0 Å². The quantitative estimate of drug-likeness (QED) is 0.591. The maximum absolute atomic E-state index is 8.26. The molecule has 0 amide bonds. The van der Waals surface area contributed by atoms with Crippen LogP contribution in [-0.2, 0) is 0 Å². The highest BCUT2D eigenvalue weighted by Gasteiger charge is 1.89. The summed E-state index contributed by atoms with van der Waals surface area (Å²) < 4.78 is 0. The van der Waals surface area contributed by atoms with Gasteiger partial charge in [0.05, 0.1) is 6.54 Å². The molecule has 2 N–H and O–H groups in total. The second-order valence-electron chi connectivity index (χ2n) is 1.37. The van der Waals surface area contributed by atoms with Gasteiger partial charge in [0.25, 0.3) is 0 Å². The van der Waals surface area contributed by atoms with Gasteiger partial charge in [0.1, 0.15) is 0 Å². The molecule has 0 heterocycles. The SMILES string of the molecule is C=CS/C(=C\C)CNO. The number of allylic oxidation sites excluding steroid dienone is 1. The number of rotatable bonds is 4. The van der Waals surface area contributed by atoms with Crippen molar-refractivity contribution in [1.82, 2.24) is 5.48 Å². The van der Waals surface area contributed by atoms with Crippen LogP contribution >= 0.6 is 11.8 Å². The highest BCUT2D eigenvalue weighted by Crippen LogP contribution is 2.13. The van der Waals surface area contributed by atoms with Gasteiger partial charge in [0.2, 0.25) is 0 Å². The van der Waals surface area contributed by atoms with E-state index in [2.05, 4.69) is 12.1 Å². The van der Waals surface area contributed by atoms with Gasteiger partial charge in [-0.25, -0.2) is 5.48 Å². The molecule has 52 valence electrons. The number of hydrogen-bond acceptors (Lipinski definition) is 3. The summed E-state index contributed by atoms with van der Waals surface area (Å²) in [6, 6.07) is 0. The molecule has 0 saturated heterocycles. The van der Waals surface area contributed by atoms with Crippen LogP contribution in [0.25, 0.3) is 0 Å². The first kappa shape index (κ1) is 8.75. The average Bonchev–Trinajstić information content (AvgIpc) is 1.88. The van der Waals surface area contributed by atoms with Crippen LogP contribution in [0.5, 0.6) is 0 Å². The van der Waals surface area contributed by atoms with Gasteiger partial charge in [-0.1, -0.05) is 12.7 Å². The van der Waals surface area contributed by atoms with Crippen LogP contribution < -0.4 is 5.48 Å². The molecule has 0 aromatic carbocycles. The Morgan fingerprint density at radius 2 is 2.56 bits per heavy atom. The Balaban J connectivity index is 3.55. The molecule has 2 nitrogen and oxygen atoms in total. The smallest absolute Gasteiger partial charge is 0.0517 e. The van der Waals surface area contributed by atoms with Crippen LogP contribution in [0.15, 0.2) is 23.0 Å². The summed E-state index contributed by atoms with van der Waals surface area (Å²) >= 11 is 1.50. The predicted molar refractivity (Wildman–Crippen MR) is 41.3 cm³/mol. The van der Waals surface area contributed by atoms with Crippen molar-refractivity contribution in [1.29, 1.82) is 0 Å². The molecule has 0 aliphatic rings. The molecule has 0 unspecified atom stereocenters. The van der Waals surface area contributed by atoms with E-state index in [1.807, 2.05) is 13.0 Å². The van der Waals surface area contributed by atoms with Crippen molar-refractivity contribution < 1.29 is 5.21 Å². The van der Waals surface area contributed by atoms with E-state index >= 15 is 0 Å². The summed E-state index contributed by atoms with van der Waals surface area (Å²) in [7, 11) is 0. The van der Waals surface area contributed by atoms with E-state index in [9.17, 15) is 0 Å². The lowest BCUT2D eigenvalue weighted by atomic mass is 10.5. The van der Waals surface area contributed by atoms with Crippen molar-refractivity contribution in [3.63, 3.8) is 0 Å². The van der Waals surface area contributed by atoms with Gasteiger partial charge in [-0.3, -0.25) is 0 Å². The van der Waals surface area contributed by atoms with Crippen LogP contribution in [0.4, 0.5) is 0 Å². The van der Waals surface area contributed by atoms with Gasteiger partial charge >= 0.3 is 0 Å². The summed E-state index contributed by atoms with van der Waals surface area (Å²) in [5.74, 6) is 0. The third-order valence-electron chi connectivity index (χ3n) is 0.810. The largest absolute Gasteiger partial charge is 0.316 e. The van der Waals surface area contributed by atoms with Crippen LogP contribution in [0.3, 0.4) is 0 Å². The molecule has 0 bridgehead atoms. The second-order valence-corrected chi connectivity index (χ2v) is 2.47. The van der Waals surface area contributed by atoms with Crippen molar-refractivity contribution in [2.24, 2.45) is 0 Å². The highest BCUT2D eigenvalue weighted by molar-refractivity contribution is 8.05. The number of thioether (sulfide) groups is 1. The molecule has 3 heteroatoms. The maximum atomic E-state index is 8.26. The molecule has 0 saturated carbocycles. The monoisotopic (exact) mass is 145 g/mol. The van der Waals surface area contributed by atoms with Gasteiger partial charge in [0, 0.05) is 4.91 Å². The summed E-state index contributed by atoms with van der Waals surface area (Å²) in [5.41, 5.74) is 2.07. The van der Waals surface area contributed by atoms with Gasteiger partial charge in [-0.15, -0.1) is 11.8 Å². The zero-order valence-electron chi connectivity index (χ0n) is 5.42. The molecule has 0 radical (unpaired) electrons. The zero-order valence-corrected chi connectivity index (χ0v) is 6.24. The molecule has 0 atom stereocenters. The van der Waals surface area contributed by atoms with Crippen LogP contribution in [0.1, 0.15) is 6.92 Å². The average molecular weight is 145 g/mol. The zero-order chi connectivity index (χ0) is 7.11. The van der Waals surface area contributed by atoms with E-state index < -0.39 is 0 Å². The standard InChI is InChI=1S/C6H11NOS/c1-3-6(5-7-8)9-4-2/h3-4,7-8H,2,5H2,1H3/b6-3-. The highest BCUT2D eigenvalue weighted by atomic mass is 32.2. The van der Waals surface area contributed by atoms with E-state index in [1.54, 1.807) is 5.41 Å². The van der Waals surface area contributed by atoms with Crippen molar-refractivity contribution in [3.8, 4) is 0 Å². The second kappa shape index (κ2) is 5.88. The Kier molecular flexibility index (Phi) is 5.72. The minimum absolute atomic E-state index is 0.493. The first-order chi connectivity index (χ1) is 4.35. The van der Waals surface area contributed by atoms with Crippen LogP contribution in [0, 0.1) is 0 Å². The van der Waals surface area contributed by atoms with Gasteiger partial charge in [0.15, 0.2) is 0 Å². The molecule has 0 spiro atoms. The fourth-order valence-electron chi connectivity index (χ4n) is 0.397. The van der Waals surface area contributed by atoms with E-state index in [1.165, 1.54) is 11.8 Å². The topological polar surface area (TPSA) is 32.3 Å². The van der Waals surface area contributed by atoms with Gasteiger partial charge in [-0.2, -0.15) is 0 Å². The minimum Gasteiger partial charge on any atom is -0.316 e. The number of hydrogen-bond donors (Lipinski definition) is 2. The summed E-state index contributed by atoms with van der Waals surface area (Å²) in [6.45, 7) is 5.96. The molecular formula is C6H11NOS. The Hall–Kier alpha value is -0.250. The first-order valence-electron chi connectivity index (χ1n) is 2.64. The molecule has 0 rings (SSSR count). The summed E-state index contributed by atoms with van der Waals surface area (Å²) in [4.78, 5) is 1.06. The van der Waals surface area contributed by atoms with E-state index in [-0.39, 0.29) is 0 Å². The molecule has 0 aliphatic carbocycles. The first-order valence-corrected chi connectivity index (χ1v) is 3.52. The van der Waals surface area contributed by atoms with Crippen LogP contribution in [-0.4, -0.2) is 11.8 Å². The maximum Gasteiger partial charge on any atom is 0.0517 e. The molecular weight excluding hydrogens is 134 g/mol. The fraction of sp³-hybridized carbons (Fsp3) is 0.333. The fourth-order valence-corrected chi connectivity index (χ4v) is 0.895. The molecule has 0 aliphatic heterocycles. The molecule has 0 fully saturated rings. The van der Waals surface area contributed by atoms with Gasteiger partial charge in [-0.05, 0) is 12.3 Å². The Labute approximate surface area is 59.6 Å². The van der Waals surface area contributed by atoms with E-state index in [4.69, 9.17) is 5.21 Å². The lowest BCUT2D eigenvalue weighted by Crippen LogP contribution is -2.08. The lowest BCUT2D eigenvalue weighted by molar-refractivity contribution is 0.179. The van der Waals surface area contributed by atoms with Crippen molar-refractivity contribution >= 4 is 11.8 Å². The minimum atomic E-state index is 0.493. The summed E-state index contributed by atoms with van der Waals surface area (Å²) in [5, 5.41) is 9.98. The van der Waals surface area contributed by atoms with Gasteiger partial charge < -0.3 is 5.21 Å². The third kappa shape index (κ3) is 4.27. The van der Waals surface area contributed by atoms with Crippen LogP contribution in [0.2, 0.25) is 0 Å². The van der Waals surface area contributed by atoms with E-state index in [0.717, 1.165) is 4.91 Å². The summed E-state index contributed by atoms with van der Waals surface area (Å²) in [6.07, 6.45) is 1.93. The molecule has 9 heavy (non-hydrogen) atoms. The molecule has 0 aromatic rings. The predicted octanol–water partition coefficient (Wildman–Crippen LogP) is 1.75. The van der Waals surface area contributed by atoms with Crippen molar-refractivity contribution in [2.45, 2.75) is 6.92 Å². The van der Waals surface area contributed by atoms with E-state index in [0.29, 0.717) is 6.54 Å². The Bertz CT molecular complexity index is 112.